The summed E-state index contributed by atoms with van der Waals surface area (Å²) in [5.74, 6) is -1.26. The van der Waals surface area contributed by atoms with Gasteiger partial charge in [0.05, 0.1) is 17.1 Å². The molecule has 19 heavy (non-hydrogen) atoms. The highest BCUT2D eigenvalue weighted by Crippen LogP contribution is 2.15. The summed E-state index contributed by atoms with van der Waals surface area (Å²) < 4.78 is 36.4. The number of nitrogen functional groups attached to an aromatic ring is 1. The van der Waals surface area contributed by atoms with E-state index in [4.69, 9.17) is 5.73 Å². The third-order valence-corrected chi connectivity index (χ3v) is 4.86. The van der Waals surface area contributed by atoms with Crippen LogP contribution in [0.25, 0.3) is 0 Å². The van der Waals surface area contributed by atoms with Crippen LogP contribution in [0.1, 0.15) is 23.2 Å². The fourth-order valence-corrected chi connectivity index (χ4v) is 3.75. The molecular formula is C12H15FN2O3S. The Bertz CT molecular complexity index is 601. The smallest absolute Gasteiger partial charge is 0.254 e. The lowest BCUT2D eigenvalue weighted by Crippen LogP contribution is -2.43. The minimum atomic E-state index is -3.11. The van der Waals surface area contributed by atoms with Gasteiger partial charge in [0.25, 0.3) is 5.91 Å². The Hall–Kier alpha value is -1.63. The van der Waals surface area contributed by atoms with E-state index in [0.29, 0.717) is 12.8 Å². The molecule has 1 atom stereocenters. The molecule has 0 aliphatic carbocycles. The average molecular weight is 286 g/mol. The molecule has 1 aromatic rings. The van der Waals surface area contributed by atoms with Gasteiger partial charge in [-0.25, -0.2) is 12.8 Å². The Morgan fingerprint density at radius 1 is 1.42 bits per heavy atom. The molecule has 1 aromatic carbocycles. The lowest BCUT2D eigenvalue weighted by molar-refractivity contribution is 0.0934. The van der Waals surface area contributed by atoms with Gasteiger partial charge >= 0.3 is 0 Å². The molecule has 5 nitrogen and oxygen atoms in total. The molecule has 1 amide bonds. The number of nitrogens with one attached hydrogen (secondary N) is 1. The zero-order valence-corrected chi connectivity index (χ0v) is 11.0. The number of nitrogens with two attached hydrogens (primary N) is 1. The van der Waals surface area contributed by atoms with E-state index in [9.17, 15) is 17.6 Å². The number of carbonyl (C=O) groups is 1. The molecule has 104 valence electrons. The normalized spacial score (nSPS) is 21.8. The number of halogens is 1. The maximum Gasteiger partial charge on any atom is 0.254 e. The van der Waals surface area contributed by atoms with E-state index in [-0.39, 0.29) is 22.8 Å². The van der Waals surface area contributed by atoms with Gasteiger partial charge in [-0.3, -0.25) is 4.79 Å². The molecule has 0 spiro atoms. The van der Waals surface area contributed by atoms with Crippen molar-refractivity contribution < 1.29 is 17.6 Å². The van der Waals surface area contributed by atoms with E-state index in [2.05, 4.69) is 5.32 Å². The molecule has 1 unspecified atom stereocenters. The Morgan fingerprint density at radius 2 is 2.16 bits per heavy atom. The van der Waals surface area contributed by atoms with Crippen molar-refractivity contribution in [2.75, 3.05) is 17.2 Å². The largest absolute Gasteiger partial charge is 0.399 e. The second kappa shape index (κ2) is 5.16. The summed E-state index contributed by atoms with van der Waals surface area (Å²) in [5.41, 5.74) is 5.50. The maximum atomic E-state index is 13.5. The molecule has 3 N–H and O–H groups in total. The van der Waals surface area contributed by atoms with Gasteiger partial charge in [0.15, 0.2) is 9.84 Å². The van der Waals surface area contributed by atoms with Crippen LogP contribution in [0.4, 0.5) is 10.1 Å². The van der Waals surface area contributed by atoms with Crippen molar-refractivity contribution in [3.05, 3.63) is 29.6 Å². The number of hydrogen-bond donors (Lipinski definition) is 2. The third kappa shape index (κ3) is 3.44. The summed E-state index contributed by atoms with van der Waals surface area (Å²) in [6.07, 6.45) is 1.10. The highest BCUT2D eigenvalue weighted by Gasteiger charge is 2.26. The van der Waals surface area contributed by atoms with Gasteiger partial charge in [-0.15, -0.1) is 0 Å². The number of sulfone groups is 1. The number of anilines is 1. The topological polar surface area (TPSA) is 89.3 Å². The van der Waals surface area contributed by atoms with Crippen molar-refractivity contribution >= 4 is 21.4 Å². The molecule has 0 aromatic heterocycles. The van der Waals surface area contributed by atoms with E-state index in [0.717, 1.165) is 6.07 Å². The van der Waals surface area contributed by atoms with Crippen molar-refractivity contribution in [2.45, 2.75) is 18.9 Å². The van der Waals surface area contributed by atoms with E-state index >= 15 is 0 Å². The van der Waals surface area contributed by atoms with Crippen LogP contribution in [0.5, 0.6) is 0 Å². The second-order valence-electron chi connectivity index (χ2n) is 4.67. The highest BCUT2D eigenvalue weighted by atomic mass is 32.2. The first-order valence-corrected chi connectivity index (χ1v) is 7.76. The summed E-state index contributed by atoms with van der Waals surface area (Å²) in [7, 11) is -3.11. The minimum Gasteiger partial charge on any atom is -0.399 e. The van der Waals surface area contributed by atoms with Crippen LogP contribution >= 0.6 is 0 Å². The van der Waals surface area contributed by atoms with E-state index in [1.807, 2.05) is 0 Å². The molecule has 0 saturated carbocycles. The molecule has 1 saturated heterocycles. The summed E-state index contributed by atoms with van der Waals surface area (Å²) >= 11 is 0. The molecule has 0 radical (unpaired) electrons. The Balaban J connectivity index is 2.09. The molecular weight excluding hydrogens is 271 g/mol. The second-order valence-corrected chi connectivity index (χ2v) is 6.89. The monoisotopic (exact) mass is 286 g/mol. The number of carbonyl (C=O) groups excluding carboxylic acids is 1. The van der Waals surface area contributed by atoms with Crippen LogP contribution in [0.3, 0.4) is 0 Å². The lowest BCUT2D eigenvalue weighted by Gasteiger charge is -2.23. The van der Waals surface area contributed by atoms with E-state index < -0.39 is 27.6 Å². The fraction of sp³-hybridized carbons (Fsp3) is 0.417. The van der Waals surface area contributed by atoms with Crippen molar-refractivity contribution in [3.8, 4) is 0 Å². The predicted molar refractivity (Wildman–Crippen MR) is 70.0 cm³/mol. The molecule has 1 heterocycles. The van der Waals surface area contributed by atoms with Gasteiger partial charge in [0.1, 0.15) is 5.82 Å². The molecule has 1 fully saturated rings. The minimum absolute atomic E-state index is 0.0880. The van der Waals surface area contributed by atoms with Crippen LogP contribution in [0, 0.1) is 5.82 Å². The summed E-state index contributed by atoms with van der Waals surface area (Å²) in [6.45, 7) is 0. The maximum absolute atomic E-state index is 13.5. The Morgan fingerprint density at radius 3 is 2.79 bits per heavy atom. The summed E-state index contributed by atoms with van der Waals surface area (Å²) in [5, 5.41) is 2.55. The molecule has 1 aliphatic heterocycles. The van der Waals surface area contributed by atoms with Crippen LogP contribution in [0.2, 0.25) is 0 Å². The summed E-state index contributed by atoms with van der Waals surface area (Å²) in [6, 6.07) is 3.32. The van der Waals surface area contributed by atoms with Gasteiger partial charge in [0, 0.05) is 11.7 Å². The van der Waals surface area contributed by atoms with Crippen LogP contribution in [-0.4, -0.2) is 31.9 Å². The fourth-order valence-electron chi connectivity index (χ4n) is 2.12. The van der Waals surface area contributed by atoms with Gasteiger partial charge in [-0.2, -0.15) is 0 Å². The van der Waals surface area contributed by atoms with E-state index in [1.165, 1.54) is 12.1 Å². The van der Waals surface area contributed by atoms with Crippen LogP contribution in [-0.2, 0) is 9.84 Å². The van der Waals surface area contributed by atoms with E-state index in [1.54, 1.807) is 0 Å². The molecule has 0 bridgehead atoms. The zero-order valence-electron chi connectivity index (χ0n) is 10.2. The Labute approximate surface area is 110 Å². The SMILES string of the molecule is Nc1ccc(C(=O)NC2CCCS(=O)(=O)C2)c(F)c1. The van der Waals surface area contributed by atoms with Gasteiger partial charge < -0.3 is 11.1 Å². The van der Waals surface area contributed by atoms with Crippen LogP contribution in [0.15, 0.2) is 18.2 Å². The lowest BCUT2D eigenvalue weighted by atomic mass is 10.1. The van der Waals surface area contributed by atoms with Gasteiger partial charge in [0.2, 0.25) is 0 Å². The molecule has 2 rings (SSSR count). The highest BCUT2D eigenvalue weighted by molar-refractivity contribution is 7.91. The van der Waals surface area contributed by atoms with Crippen molar-refractivity contribution in [2.24, 2.45) is 0 Å². The molecule has 1 aliphatic rings. The van der Waals surface area contributed by atoms with Crippen molar-refractivity contribution in [3.63, 3.8) is 0 Å². The average Bonchev–Trinajstić information content (AvgIpc) is 2.27. The molecule has 7 heteroatoms. The van der Waals surface area contributed by atoms with Crippen LogP contribution < -0.4 is 11.1 Å². The first kappa shape index (κ1) is 13.8. The standard InChI is InChI=1S/C12H15FN2O3S/c13-11-6-8(14)3-4-10(11)12(16)15-9-2-1-5-19(17,18)7-9/h3-4,6,9H,1-2,5,7,14H2,(H,15,16). The number of benzene rings is 1. The third-order valence-electron chi connectivity index (χ3n) is 3.04. The van der Waals surface area contributed by atoms with Crippen molar-refractivity contribution in [1.29, 1.82) is 0 Å². The quantitative estimate of drug-likeness (QED) is 0.784. The predicted octanol–water partition coefficient (Wildman–Crippen LogP) is 0.715. The Kier molecular flexibility index (Phi) is 3.75. The first-order valence-electron chi connectivity index (χ1n) is 5.94. The van der Waals surface area contributed by atoms with Crippen molar-refractivity contribution in [1.82, 2.24) is 5.32 Å². The number of amides is 1. The summed E-state index contributed by atoms with van der Waals surface area (Å²) in [4.78, 5) is 11.9. The van der Waals surface area contributed by atoms with Gasteiger partial charge in [-0.1, -0.05) is 0 Å². The first-order chi connectivity index (χ1) is 8.87. The number of rotatable bonds is 2. The number of hydrogen-bond acceptors (Lipinski definition) is 4. The van der Waals surface area contributed by atoms with Gasteiger partial charge in [-0.05, 0) is 31.0 Å². The zero-order chi connectivity index (χ0) is 14.0.